The van der Waals surface area contributed by atoms with E-state index in [1.165, 1.54) is 29.5 Å². The molecule has 0 atom stereocenters. The summed E-state index contributed by atoms with van der Waals surface area (Å²) in [5.74, 6) is 0.725. The van der Waals surface area contributed by atoms with Crippen LogP contribution < -0.4 is 5.73 Å². The van der Waals surface area contributed by atoms with Crippen LogP contribution in [0.2, 0.25) is 0 Å². The topological polar surface area (TPSA) is 54.7 Å². The highest BCUT2D eigenvalue weighted by Crippen LogP contribution is 2.42. The Morgan fingerprint density at radius 2 is 2.27 bits per heavy atom. The van der Waals surface area contributed by atoms with Crippen LogP contribution in [0.3, 0.4) is 0 Å². The molecule has 1 saturated carbocycles. The summed E-state index contributed by atoms with van der Waals surface area (Å²) in [6, 6.07) is 6.38. The van der Waals surface area contributed by atoms with E-state index in [9.17, 15) is 0 Å². The van der Waals surface area contributed by atoms with Crippen molar-refractivity contribution in [2.24, 2.45) is 5.73 Å². The van der Waals surface area contributed by atoms with E-state index < -0.39 is 0 Å². The Labute approximate surface area is 88.7 Å². The number of hydrogen-bond acceptors (Lipinski definition) is 2. The number of benzene rings is 1. The van der Waals surface area contributed by atoms with E-state index in [4.69, 9.17) is 5.73 Å². The third kappa shape index (κ3) is 1.43. The number of aromatic nitrogens is 2. The van der Waals surface area contributed by atoms with Crippen molar-refractivity contribution in [3.63, 3.8) is 0 Å². The van der Waals surface area contributed by atoms with Crippen LogP contribution in [-0.2, 0) is 6.42 Å². The quantitative estimate of drug-likeness (QED) is 0.797. The minimum atomic E-state index is 0.685. The Bertz CT molecular complexity index is 483. The zero-order valence-corrected chi connectivity index (χ0v) is 8.66. The largest absolute Gasteiger partial charge is 0.330 e. The van der Waals surface area contributed by atoms with Gasteiger partial charge >= 0.3 is 0 Å². The highest BCUT2D eigenvalue weighted by atomic mass is 15.1. The molecule has 0 radical (unpaired) electrons. The minimum Gasteiger partial charge on any atom is -0.330 e. The molecule has 0 spiro atoms. The number of hydrogen-bond donors (Lipinski definition) is 2. The summed E-state index contributed by atoms with van der Waals surface area (Å²) in [6.45, 7) is 0.685. The fourth-order valence-corrected chi connectivity index (χ4v) is 2.16. The molecule has 1 aliphatic carbocycles. The lowest BCUT2D eigenvalue weighted by Gasteiger charge is -1.99. The number of para-hydroxylation sites is 1. The van der Waals surface area contributed by atoms with Crippen molar-refractivity contribution >= 4 is 10.9 Å². The van der Waals surface area contributed by atoms with Crippen LogP contribution in [0.25, 0.3) is 10.9 Å². The van der Waals surface area contributed by atoms with E-state index in [0.717, 1.165) is 17.9 Å². The monoisotopic (exact) mass is 201 g/mol. The van der Waals surface area contributed by atoms with Crippen molar-refractivity contribution < 1.29 is 0 Å². The Morgan fingerprint density at radius 3 is 3.00 bits per heavy atom. The van der Waals surface area contributed by atoms with Crippen molar-refractivity contribution in [3.05, 3.63) is 29.5 Å². The second kappa shape index (κ2) is 3.35. The molecule has 1 aromatic heterocycles. The molecule has 3 rings (SSSR count). The smallest absolute Gasteiger partial charge is 0.0956 e. The van der Waals surface area contributed by atoms with E-state index in [2.05, 4.69) is 28.4 Å². The lowest BCUT2D eigenvalue weighted by molar-refractivity contribution is 0.958. The van der Waals surface area contributed by atoms with Crippen LogP contribution in [-0.4, -0.2) is 16.7 Å². The molecule has 0 unspecified atom stereocenters. The fraction of sp³-hybridized carbons (Fsp3) is 0.417. The number of nitrogens with zero attached hydrogens (tertiary/aromatic N) is 1. The first kappa shape index (κ1) is 8.92. The fourth-order valence-electron chi connectivity index (χ4n) is 2.16. The van der Waals surface area contributed by atoms with Crippen LogP contribution in [0.15, 0.2) is 18.2 Å². The summed E-state index contributed by atoms with van der Waals surface area (Å²) >= 11 is 0. The molecule has 0 bridgehead atoms. The predicted octanol–water partition coefficient (Wildman–Crippen LogP) is 1.94. The van der Waals surface area contributed by atoms with Crippen LogP contribution >= 0.6 is 0 Å². The van der Waals surface area contributed by atoms with E-state index in [1.54, 1.807) is 0 Å². The first-order chi connectivity index (χ1) is 7.40. The van der Waals surface area contributed by atoms with Gasteiger partial charge in [0.15, 0.2) is 0 Å². The Hall–Kier alpha value is -1.35. The van der Waals surface area contributed by atoms with Gasteiger partial charge in [0.1, 0.15) is 0 Å². The summed E-state index contributed by atoms with van der Waals surface area (Å²) < 4.78 is 0. The molecule has 0 aliphatic heterocycles. The van der Waals surface area contributed by atoms with Crippen molar-refractivity contribution in [1.82, 2.24) is 10.2 Å². The minimum absolute atomic E-state index is 0.685. The van der Waals surface area contributed by atoms with Crippen molar-refractivity contribution in [3.8, 4) is 0 Å². The SMILES string of the molecule is NCCc1cccc2c(C3CC3)[nH]nc12. The molecular weight excluding hydrogens is 186 g/mol. The Morgan fingerprint density at radius 1 is 1.40 bits per heavy atom. The maximum absolute atomic E-state index is 5.59. The second-order valence-corrected chi connectivity index (χ2v) is 4.26. The predicted molar refractivity (Wildman–Crippen MR) is 60.8 cm³/mol. The average molecular weight is 201 g/mol. The molecule has 1 aliphatic rings. The number of nitrogens with one attached hydrogen (secondary N) is 1. The first-order valence-corrected chi connectivity index (χ1v) is 5.56. The van der Waals surface area contributed by atoms with Gasteiger partial charge in [0.05, 0.1) is 5.52 Å². The number of aromatic amines is 1. The van der Waals surface area contributed by atoms with Crippen LogP contribution in [0.4, 0.5) is 0 Å². The van der Waals surface area contributed by atoms with E-state index in [0.29, 0.717) is 6.54 Å². The molecule has 78 valence electrons. The van der Waals surface area contributed by atoms with Gasteiger partial charge in [-0.05, 0) is 31.4 Å². The average Bonchev–Trinajstić information content (AvgIpc) is 3.00. The molecule has 3 N–H and O–H groups in total. The van der Waals surface area contributed by atoms with Gasteiger partial charge in [-0.15, -0.1) is 0 Å². The molecule has 0 amide bonds. The van der Waals surface area contributed by atoms with Gasteiger partial charge in [-0.3, -0.25) is 5.10 Å². The van der Waals surface area contributed by atoms with Gasteiger partial charge in [-0.2, -0.15) is 5.10 Å². The summed E-state index contributed by atoms with van der Waals surface area (Å²) in [6.07, 6.45) is 3.52. The molecule has 2 aromatic rings. The first-order valence-electron chi connectivity index (χ1n) is 5.56. The van der Waals surface area contributed by atoms with Gasteiger partial charge < -0.3 is 5.73 Å². The molecule has 1 aromatic carbocycles. The van der Waals surface area contributed by atoms with Crippen molar-refractivity contribution in [2.45, 2.75) is 25.2 Å². The summed E-state index contributed by atoms with van der Waals surface area (Å²) in [5, 5.41) is 8.90. The zero-order valence-electron chi connectivity index (χ0n) is 8.66. The van der Waals surface area contributed by atoms with Gasteiger partial charge in [0.2, 0.25) is 0 Å². The summed E-state index contributed by atoms with van der Waals surface area (Å²) in [7, 11) is 0. The van der Waals surface area contributed by atoms with E-state index >= 15 is 0 Å². The molecule has 15 heavy (non-hydrogen) atoms. The maximum Gasteiger partial charge on any atom is 0.0956 e. The van der Waals surface area contributed by atoms with Crippen LogP contribution in [0, 0.1) is 0 Å². The van der Waals surface area contributed by atoms with Gasteiger partial charge in [0, 0.05) is 17.0 Å². The van der Waals surface area contributed by atoms with Crippen molar-refractivity contribution in [2.75, 3.05) is 6.54 Å². The number of H-pyrrole nitrogens is 1. The van der Waals surface area contributed by atoms with E-state index in [-0.39, 0.29) is 0 Å². The summed E-state index contributed by atoms with van der Waals surface area (Å²) in [4.78, 5) is 0. The third-order valence-corrected chi connectivity index (χ3v) is 3.10. The molecule has 1 fully saturated rings. The maximum atomic E-state index is 5.59. The third-order valence-electron chi connectivity index (χ3n) is 3.10. The lowest BCUT2D eigenvalue weighted by atomic mass is 10.1. The highest BCUT2D eigenvalue weighted by Gasteiger charge is 2.27. The lowest BCUT2D eigenvalue weighted by Crippen LogP contribution is -2.02. The molecule has 1 heterocycles. The number of rotatable bonds is 3. The molecule has 3 heteroatoms. The summed E-state index contributed by atoms with van der Waals surface area (Å²) in [5.41, 5.74) is 9.29. The molecule has 3 nitrogen and oxygen atoms in total. The Balaban J connectivity index is 2.14. The standard InChI is InChI=1S/C12H15N3/c13-7-6-8-2-1-3-10-11(8)14-15-12(10)9-4-5-9/h1-3,9H,4-7,13H2,(H,14,15). The molecular formula is C12H15N3. The van der Waals surface area contributed by atoms with Crippen LogP contribution in [0.5, 0.6) is 0 Å². The Kier molecular flexibility index (Phi) is 1.99. The number of fused-ring (bicyclic) bond motifs is 1. The normalized spacial score (nSPS) is 16.1. The van der Waals surface area contributed by atoms with Gasteiger partial charge in [0.25, 0.3) is 0 Å². The highest BCUT2D eigenvalue weighted by molar-refractivity contribution is 5.85. The van der Waals surface area contributed by atoms with Gasteiger partial charge in [-0.25, -0.2) is 0 Å². The van der Waals surface area contributed by atoms with Crippen LogP contribution in [0.1, 0.15) is 30.0 Å². The zero-order chi connectivity index (χ0) is 10.3. The second-order valence-electron chi connectivity index (χ2n) is 4.26. The number of nitrogens with two attached hydrogens (primary N) is 1. The van der Waals surface area contributed by atoms with Gasteiger partial charge in [-0.1, -0.05) is 18.2 Å². The molecule has 0 saturated heterocycles. The van der Waals surface area contributed by atoms with E-state index in [1.807, 2.05) is 0 Å². The van der Waals surface area contributed by atoms with Crippen molar-refractivity contribution in [1.29, 1.82) is 0 Å².